The number of aryl methyl sites for hydroxylation is 2. The minimum atomic E-state index is 0.650. The molecule has 2 aromatic carbocycles. The van der Waals surface area contributed by atoms with Crippen molar-refractivity contribution in [2.45, 2.75) is 24.5 Å². The van der Waals surface area contributed by atoms with Crippen LogP contribution >= 0.6 is 11.8 Å². The lowest BCUT2D eigenvalue weighted by Gasteiger charge is -2.07. The number of nitrogen functional groups attached to an aromatic ring is 1. The minimum Gasteiger partial charge on any atom is -0.398 e. The molecule has 0 aliphatic heterocycles. The summed E-state index contributed by atoms with van der Waals surface area (Å²) in [5.41, 5.74) is 11.1. The summed E-state index contributed by atoms with van der Waals surface area (Å²) < 4.78 is 0. The smallest absolute Gasteiger partial charge is 0.0992 e. The summed E-state index contributed by atoms with van der Waals surface area (Å²) >= 11 is 1.67. The van der Waals surface area contributed by atoms with Crippen molar-refractivity contribution in [2.24, 2.45) is 0 Å². The zero-order valence-corrected chi connectivity index (χ0v) is 11.9. The van der Waals surface area contributed by atoms with Crippen LogP contribution in [0.15, 0.2) is 41.3 Å². The second kappa shape index (κ2) is 5.81. The number of anilines is 1. The molecule has 2 nitrogen and oxygen atoms in total. The lowest BCUT2D eigenvalue weighted by molar-refractivity contribution is 1.29. The third-order valence-electron chi connectivity index (χ3n) is 2.82. The van der Waals surface area contributed by atoms with E-state index >= 15 is 0 Å². The molecule has 19 heavy (non-hydrogen) atoms. The highest BCUT2D eigenvalue weighted by atomic mass is 32.2. The fourth-order valence-corrected chi connectivity index (χ4v) is 2.98. The maximum atomic E-state index is 8.91. The molecule has 0 saturated carbocycles. The summed E-state index contributed by atoms with van der Waals surface area (Å²) in [7, 11) is 0. The van der Waals surface area contributed by atoms with Gasteiger partial charge in [0.05, 0.1) is 11.6 Å². The van der Waals surface area contributed by atoms with Crippen molar-refractivity contribution in [2.75, 3.05) is 5.73 Å². The monoisotopic (exact) mass is 268 g/mol. The van der Waals surface area contributed by atoms with Crippen LogP contribution in [0.4, 0.5) is 5.69 Å². The van der Waals surface area contributed by atoms with Gasteiger partial charge in [0, 0.05) is 16.3 Å². The first-order valence-electron chi connectivity index (χ1n) is 6.08. The fraction of sp³-hybridized carbons (Fsp3) is 0.188. The number of nitrogens with two attached hydrogens (primary N) is 1. The quantitative estimate of drug-likeness (QED) is 0.675. The lowest BCUT2D eigenvalue weighted by Crippen LogP contribution is -1.91. The number of nitrogens with zero attached hydrogens (tertiary/aromatic N) is 1. The van der Waals surface area contributed by atoms with Crippen LogP contribution in [0.25, 0.3) is 0 Å². The first-order chi connectivity index (χ1) is 9.08. The Hall–Kier alpha value is -1.92. The Labute approximate surface area is 118 Å². The van der Waals surface area contributed by atoms with Gasteiger partial charge in [-0.2, -0.15) is 5.26 Å². The van der Waals surface area contributed by atoms with Gasteiger partial charge in [0.25, 0.3) is 0 Å². The fourth-order valence-electron chi connectivity index (χ4n) is 2.04. The summed E-state index contributed by atoms with van der Waals surface area (Å²) in [6.07, 6.45) is 0. The van der Waals surface area contributed by atoms with E-state index < -0.39 is 0 Å². The Morgan fingerprint density at radius 1 is 1.11 bits per heavy atom. The van der Waals surface area contributed by atoms with Gasteiger partial charge < -0.3 is 5.73 Å². The first-order valence-corrected chi connectivity index (χ1v) is 7.06. The van der Waals surface area contributed by atoms with Gasteiger partial charge >= 0.3 is 0 Å². The maximum absolute atomic E-state index is 8.91. The van der Waals surface area contributed by atoms with E-state index in [9.17, 15) is 0 Å². The van der Waals surface area contributed by atoms with Crippen molar-refractivity contribution in [3.63, 3.8) is 0 Å². The highest BCUT2D eigenvalue weighted by Crippen LogP contribution is 2.29. The van der Waals surface area contributed by atoms with Crippen molar-refractivity contribution in [1.82, 2.24) is 0 Å². The molecule has 0 saturated heterocycles. The van der Waals surface area contributed by atoms with Crippen LogP contribution in [0.3, 0.4) is 0 Å². The third-order valence-corrected chi connectivity index (χ3v) is 3.96. The van der Waals surface area contributed by atoms with E-state index in [-0.39, 0.29) is 0 Å². The van der Waals surface area contributed by atoms with E-state index in [0.29, 0.717) is 5.56 Å². The summed E-state index contributed by atoms with van der Waals surface area (Å²) in [4.78, 5) is 0.971. The number of thioether (sulfide) groups is 1. The molecule has 2 N–H and O–H groups in total. The molecule has 0 aliphatic carbocycles. The van der Waals surface area contributed by atoms with Crippen molar-refractivity contribution in [3.8, 4) is 6.07 Å². The maximum Gasteiger partial charge on any atom is 0.0992 e. The molecule has 0 spiro atoms. The molecule has 0 heterocycles. The highest BCUT2D eigenvalue weighted by molar-refractivity contribution is 7.98. The van der Waals surface area contributed by atoms with E-state index in [2.05, 4.69) is 38.1 Å². The van der Waals surface area contributed by atoms with Crippen LogP contribution in [-0.2, 0) is 5.75 Å². The zero-order valence-electron chi connectivity index (χ0n) is 11.1. The number of benzene rings is 2. The average Bonchev–Trinajstić information content (AvgIpc) is 2.37. The Morgan fingerprint density at radius 2 is 1.79 bits per heavy atom. The Morgan fingerprint density at radius 3 is 2.42 bits per heavy atom. The predicted octanol–water partition coefficient (Wildman–Crippen LogP) is 4.05. The second-order valence-corrected chi connectivity index (χ2v) is 5.67. The zero-order chi connectivity index (χ0) is 13.8. The largest absolute Gasteiger partial charge is 0.398 e. The van der Waals surface area contributed by atoms with E-state index in [4.69, 9.17) is 11.0 Å². The molecule has 96 valence electrons. The lowest BCUT2D eigenvalue weighted by atomic mass is 10.1. The summed E-state index contributed by atoms with van der Waals surface area (Å²) in [6, 6.07) is 14.1. The Kier molecular flexibility index (Phi) is 4.13. The van der Waals surface area contributed by atoms with Gasteiger partial charge in [-0.1, -0.05) is 29.3 Å². The van der Waals surface area contributed by atoms with Crippen LogP contribution in [0.5, 0.6) is 0 Å². The summed E-state index contributed by atoms with van der Waals surface area (Å²) in [6.45, 7) is 4.21. The molecule has 0 aliphatic rings. The second-order valence-electron chi connectivity index (χ2n) is 4.65. The van der Waals surface area contributed by atoms with Crippen LogP contribution in [-0.4, -0.2) is 0 Å². The van der Waals surface area contributed by atoms with Crippen molar-refractivity contribution < 1.29 is 0 Å². The summed E-state index contributed by atoms with van der Waals surface area (Å²) in [5.74, 6) is 0.863. The number of rotatable bonds is 3. The Balaban J connectivity index is 2.16. The molecule has 0 unspecified atom stereocenters. The summed E-state index contributed by atoms with van der Waals surface area (Å²) in [5, 5.41) is 8.91. The molecule has 2 aromatic rings. The van der Waals surface area contributed by atoms with Gasteiger partial charge in [0.2, 0.25) is 0 Å². The standard InChI is InChI=1S/C16H16N2S/c1-11-5-12(2)7-14(6-11)10-19-16-8-13(9-17)3-4-15(16)18/h3-8H,10,18H2,1-2H3. The van der Waals surface area contributed by atoms with E-state index in [1.165, 1.54) is 16.7 Å². The van der Waals surface area contributed by atoms with Crippen LogP contribution in [0.2, 0.25) is 0 Å². The minimum absolute atomic E-state index is 0.650. The first kappa shape index (κ1) is 13.5. The van der Waals surface area contributed by atoms with Gasteiger partial charge in [-0.05, 0) is 37.6 Å². The van der Waals surface area contributed by atoms with E-state index in [1.54, 1.807) is 23.9 Å². The predicted molar refractivity (Wildman–Crippen MR) is 81.0 cm³/mol. The van der Waals surface area contributed by atoms with Gasteiger partial charge in [0.15, 0.2) is 0 Å². The number of hydrogen-bond donors (Lipinski definition) is 1. The normalized spacial score (nSPS) is 10.2. The molecule has 0 radical (unpaired) electrons. The van der Waals surface area contributed by atoms with Crippen molar-refractivity contribution >= 4 is 17.4 Å². The highest BCUT2D eigenvalue weighted by Gasteiger charge is 2.03. The molecular weight excluding hydrogens is 252 g/mol. The molecule has 0 bridgehead atoms. The molecular formula is C16H16N2S. The Bertz CT molecular complexity index is 621. The molecule has 0 amide bonds. The van der Waals surface area contributed by atoms with Crippen LogP contribution in [0.1, 0.15) is 22.3 Å². The van der Waals surface area contributed by atoms with Gasteiger partial charge in [-0.25, -0.2) is 0 Å². The van der Waals surface area contributed by atoms with E-state index in [0.717, 1.165) is 16.3 Å². The number of hydrogen-bond acceptors (Lipinski definition) is 3. The topological polar surface area (TPSA) is 49.8 Å². The molecule has 0 atom stereocenters. The van der Waals surface area contributed by atoms with E-state index in [1.807, 2.05) is 6.07 Å². The van der Waals surface area contributed by atoms with Crippen molar-refractivity contribution in [3.05, 3.63) is 58.7 Å². The molecule has 0 aromatic heterocycles. The molecule has 0 fully saturated rings. The van der Waals surface area contributed by atoms with Gasteiger partial charge in [-0.15, -0.1) is 11.8 Å². The van der Waals surface area contributed by atoms with Gasteiger partial charge in [-0.3, -0.25) is 0 Å². The third kappa shape index (κ3) is 3.52. The molecule has 2 rings (SSSR count). The van der Waals surface area contributed by atoms with Crippen LogP contribution in [0, 0.1) is 25.2 Å². The average molecular weight is 268 g/mol. The molecule has 3 heteroatoms. The van der Waals surface area contributed by atoms with Crippen LogP contribution < -0.4 is 5.73 Å². The van der Waals surface area contributed by atoms with Crippen molar-refractivity contribution in [1.29, 1.82) is 5.26 Å². The van der Waals surface area contributed by atoms with Gasteiger partial charge in [0.1, 0.15) is 0 Å². The SMILES string of the molecule is Cc1cc(C)cc(CSc2cc(C#N)ccc2N)c1. The number of nitriles is 1.